The van der Waals surface area contributed by atoms with Gasteiger partial charge in [0, 0.05) is 0 Å². The van der Waals surface area contributed by atoms with Crippen molar-refractivity contribution in [2.45, 2.75) is 39.8 Å². The summed E-state index contributed by atoms with van der Waals surface area (Å²) < 4.78 is 3.71. The molecule has 0 atom stereocenters. The Morgan fingerprint density at radius 2 is 1.38 bits per heavy atom. The second kappa shape index (κ2) is 5.14. The Kier molecular flexibility index (Phi) is 4.02. The Labute approximate surface area is 107 Å². The van der Waals surface area contributed by atoms with E-state index in [9.17, 15) is 0 Å². The first kappa shape index (κ1) is 12.5. The maximum atomic E-state index is 2.53. The van der Waals surface area contributed by atoms with E-state index in [0.717, 1.165) is 0 Å². The molecule has 0 aromatic carbocycles. The number of rotatable bonds is 2. The molecule has 0 heterocycles. The van der Waals surface area contributed by atoms with Crippen molar-refractivity contribution in [1.82, 2.24) is 0 Å². The van der Waals surface area contributed by atoms with E-state index in [1.807, 2.05) is 6.56 Å². The predicted octanol–water partition coefficient (Wildman–Crippen LogP) is 4.32. The Morgan fingerprint density at radius 3 is 1.62 bits per heavy atom. The molecule has 2 aliphatic carbocycles. The van der Waals surface area contributed by atoms with Gasteiger partial charge in [0.25, 0.3) is 0 Å². The normalized spacial score (nSPS) is 19.0. The van der Waals surface area contributed by atoms with Gasteiger partial charge in [-0.1, -0.05) is 0 Å². The van der Waals surface area contributed by atoms with E-state index in [1.54, 1.807) is 0 Å². The van der Waals surface area contributed by atoms with Crippen molar-refractivity contribution < 1.29 is 20.4 Å². The summed E-state index contributed by atoms with van der Waals surface area (Å²) in [6.45, 7) is 9.56. The number of allylic oxidation sites excluding steroid dienone is 8. The first-order valence-electron chi connectivity index (χ1n) is 6.01. The predicted molar refractivity (Wildman–Crippen MR) is 70.4 cm³/mol. The van der Waals surface area contributed by atoms with Crippen molar-refractivity contribution in [2.24, 2.45) is 0 Å². The van der Waals surface area contributed by atoms with Crippen LogP contribution in [0.15, 0.2) is 42.0 Å². The third-order valence-electron chi connectivity index (χ3n) is 3.23. The second-order valence-corrected chi connectivity index (χ2v) is 22.4. The Balaban J connectivity index is 2.32. The van der Waals surface area contributed by atoms with Crippen molar-refractivity contribution in [3.63, 3.8) is 0 Å². The van der Waals surface area contributed by atoms with Gasteiger partial charge in [-0.15, -0.1) is 0 Å². The molecule has 0 saturated carbocycles. The van der Waals surface area contributed by atoms with Crippen molar-refractivity contribution in [2.75, 3.05) is 0 Å². The van der Waals surface area contributed by atoms with E-state index in [-0.39, 0.29) is 5.43 Å². The molecule has 84 valence electrons. The van der Waals surface area contributed by atoms with Crippen LogP contribution in [0.4, 0.5) is 0 Å². The summed E-state index contributed by atoms with van der Waals surface area (Å²) in [4.78, 5) is 0. The average molecular weight is 308 g/mol. The fourth-order valence-electron chi connectivity index (χ4n) is 2.52. The zero-order valence-electron chi connectivity index (χ0n) is 10.7. The molecule has 2 heteroatoms. The van der Waals surface area contributed by atoms with Gasteiger partial charge in [-0.05, 0) is 0 Å². The van der Waals surface area contributed by atoms with Crippen molar-refractivity contribution in [3.8, 4) is 0 Å². The molecule has 0 bridgehead atoms. The Hall–Kier alpha value is 0.0600. The fourth-order valence-corrected chi connectivity index (χ4v) is 19.7. The molecule has 0 saturated heterocycles. The van der Waals surface area contributed by atoms with Crippen molar-refractivity contribution in [1.29, 1.82) is 0 Å². The molecule has 0 spiro atoms. The monoisotopic (exact) mass is 306 g/mol. The first-order valence-corrected chi connectivity index (χ1v) is 14.7. The van der Waals surface area contributed by atoms with Crippen LogP contribution in [0.2, 0.25) is 13.1 Å². The van der Waals surface area contributed by atoms with Crippen LogP contribution in [-0.4, -0.2) is 5.43 Å². The van der Waals surface area contributed by atoms with Gasteiger partial charge in [0.1, 0.15) is 0 Å². The van der Waals surface area contributed by atoms with E-state index in [2.05, 4.69) is 51.2 Å². The van der Waals surface area contributed by atoms with E-state index < -0.39 is 20.4 Å². The van der Waals surface area contributed by atoms with Gasteiger partial charge in [-0.25, -0.2) is 0 Å². The van der Waals surface area contributed by atoms with Crippen LogP contribution in [-0.2, 0) is 20.4 Å². The fraction of sp³-hybridized carbons (Fsp3) is 0.429. The summed E-state index contributed by atoms with van der Waals surface area (Å²) in [5.41, 5.74) is 2.91. The van der Waals surface area contributed by atoms with Crippen molar-refractivity contribution in [3.05, 3.63) is 42.0 Å². The molecule has 2 rings (SSSR count). The Bertz CT molecular complexity index is 431. The minimum atomic E-state index is -1.40. The molecule has 0 aliphatic heterocycles. The molecule has 0 radical (unpaired) electrons. The maximum absolute atomic E-state index is 2.53. The van der Waals surface area contributed by atoms with Crippen LogP contribution in [0.5, 0.6) is 0 Å². The summed E-state index contributed by atoms with van der Waals surface area (Å²) in [5, 5.41) is 0. The summed E-state index contributed by atoms with van der Waals surface area (Å²) in [6, 6.07) is 0. The molecular weight excluding hydrogens is 287 g/mol. The molecular formula is C14H20SiZr. The average Bonchev–Trinajstić information content (AvgIpc) is 2.76. The third kappa shape index (κ3) is 2.65. The van der Waals surface area contributed by atoms with Gasteiger partial charge in [0.15, 0.2) is 0 Å². The van der Waals surface area contributed by atoms with E-state index in [1.165, 1.54) is 24.0 Å². The van der Waals surface area contributed by atoms with Gasteiger partial charge in [0.2, 0.25) is 0 Å². The molecule has 0 unspecified atom stereocenters. The van der Waals surface area contributed by atoms with Crippen LogP contribution < -0.4 is 0 Å². The zero-order chi connectivity index (χ0) is 11.7. The minimum absolute atomic E-state index is 0.0918. The summed E-state index contributed by atoms with van der Waals surface area (Å²) in [6.07, 6.45) is 12.4. The summed E-state index contributed by atoms with van der Waals surface area (Å²) in [5.74, 6) is 0. The molecule has 0 aromatic heterocycles. The molecule has 0 nitrogen and oxygen atoms in total. The van der Waals surface area contributed by atoms with Gasteiger partial charge in [-0.3, -0.25) is 0 Å². The van der Waals surface area contributed by atoms with Gasteiger partial charge in [-0.2, -0.15) is 0 Å². The first-order chi connectivity index (χ1) is 7.58. The van der Waals surface area contributed by atoms with Gasteiger partial charge >= 0.3 is 108 Å². The van der Waals surface area contributed by atoms with Crippen molar-refractivity contribution >= 4 is 5.43 Å². The molecule has 0 fully saturated rings. The van der Waals surface area contributed by atoms with Gasteiger partial charge < -0.3 is 0 Å². The molecule has 16 heavy (non-hydrogen) atoms. The van der Waals surface area contributed by atoms with E-state index in [0.29, 0.717) is 0 Å². The van der Waals surface area contributed by atoms with E-state index in [4.69, 9.17) is 0 Å². The van der Waals surface area contributed by atoms with Crippen LogP contribution in [0.1, 0.15) is 26.7 Å². The molecule has 0 N–H and O–H groups in total. The SMILES string of the molecule is CC1=CC[C]([Zr]([C]2=CC(C)=CC2)=[Si](C)C)=C1. The van der Waals surface area contributed by atoms with Crippen LogP contribution in [0.25, 0.3) is 0 Å². The van der Waals surface area contributed by atoms with Crippen LogP contribution in [0, 0.1) is 0 Å². The zero-order valence-corrected chi connectivity index (χ0v) is 14.2. The third-order valence-corrected chi connectivity index (χ3v) is 20.3. The quantitative estimate of drug-likeness (QED) is 0.666. The standard InChI is InChI=1S/2C6H7.C2H6Si.Zr/c2*1-6-4-2-3-5-6;1-3-2;/h2*4-5H,2H2,1H3;1-2H3;. The molecule has 0 aromatic rings. The topological polar surface area (TPSA) is 0 Å². The molecule has 2 aliphatic rings. The molecule has 0 amide bonds. The second-order valence-electron chi connectivity index (χ2n) is 5.02. The van der Waals surface area contributed by atoms with E-state index >= 15 is 0 Å². The summed E-state index contributed by atoms with van der Waals surface area (Å²) >= 11 is -1.40. The number of hydrogen-bond acceptors (Lipinski definition) is 0. The van der Waals surface area contributed by atoms with Crippen LogP contribution >= 0.6 is 0 Å². The van der Waals surface area contributed by atoms with Crippen LogP contribution in [0.3, 0.4) is 0 Å². The Morgan fingerprint density at radius 1 is 0.938 bits per heavy atom. The van der Waals surface area contributed by atoms with Gasteiger partial charge in [0.05, 0.1) is 0 Å². The summed E-state index contributed by atoms with van der Waals surface area (Å²) in [7, 11) is 0. The number of hydrogen-bond donors (Lipinski definition) is 0.